The number of ether oxygens (including phenoxy) is 2. The highest BCUT2D eigenvalue weighted by Gasteiger charge is 2.41. The topological polar surface area (TPSA) is 100 Å². The van der Waals surface area contributed by atoms with Gasteiger partial charge in [0, 0.05) is 13.1 Å². The summed E-state index contributed by atoms with van der Waals surface area (Å²) in [5, 5.41) is 14.5. The molecule has 3 N–H and O–H groups in total. The maximum Gasteiger partial charge on any atom is 0.573 e. The van der Waals surface area contributed by atoms with Crippen LogP contribution in [0.2, 0.25) is 0 Å². The van der Waals surface area contributed by atoms with Crippen molar-refractivity contribution < 1.29 is 36.2 Å². The third-order valence-corrected chi connectivity index (χ3v) is 7.51. The van der Waals surface area contributed by atoms with Crippen LogP contribution in [0.3, 0.4) is 0 Å². The predicted octanol–water partition coefficient (Wildman–Crippen LogP) is 3.51. The van der Waals surface area contributed by atoms with Crippen molar-refractivity contribution >= 4 is 21.4 Å². The van der Waals surface area contributed by atoms with Gasteiger partial charge in [-0.25, -0.2) is 13.1 Å². The van der Waals surface area contributed by atoms with Gasteiger partial charge in [-0.15, -0.1) is 13.2 Å². The second-order valence-electron chi connectivity index (χ2n) is 8.37. The van der Waals surface area contributed by atoms with E-state index in [1.807, 2.05) is 53.4 Å². The second kappa shape index (κ2) is 9.28. The Morgan fingerprint density at radius 1 is 0.944 bits per heavy atom. The van der Waals surface area contributed by atoms with E-state index in [1.54, 1.807) is 0 Å². The largest absolute Gasteiger partial charge is 0.573 e. The summed E-state index contributed by atoms with van der Waals surface area (Å²) in [5.74, 6) is 0.671. The summed E-state index contributed by atoms with van der Waals surface area (Å²) in [6.07, 6.45) is -6.02. The molecule has 36 heavy (non-hydrogen) atoms. The summed E-state index contributed by atoms with van der Waals surface area (Å²) in [6, 6.07) is 17.1. The lowest BCUT2D eigenvalue weighted by atomic mass is 9.96. The van der Waals surface area contributed by atoms with Gasteiger partial charge in [0.05, 0.1) is 34.5 Å². The lowest BCUT2D eigenvalue weighted by molar-refractivity contribution is -0.274. The minimum Gasteiger partial charge on any atom is -0.453 e. The number of aliphatic hydroxyl groups excluding tert-OH is 1. The highest BCUT2D eigenvalue weighted by molar-refractivity contribution is 7.89. The average Bonchev–Trinajstić information content (AvgIpc) is 2.83. The zero-order valence-corrected chi connectivity index (χ0v) is 19.5. The Kier molecular flexibility index (Phi) is 6.29. The van der Waals surface area contributed by atoms with E-state index >= 15 is 0 Å². The van der Waals surface area contributed by atoms with Gasteiger partial charge in [-0.05, 0) is 48.5 Å². The minimum absolute atomic E-state index is 0.153. The molecular weight excluding hydrogens is 499 g/mol. The second-order valence-corrected chi connectivity index (χ2v) is 10.1. The minimum atomic E-state index is -4.89. The quantitative estimate of drug-likeness (QED) is 0.473. The number of benzene rings is 3. The molecule has 0 aromatic heterocycles. The standard InChI is InChI=1S/C24H22F3N3O5S/c25-24(26,27)35-15-9-11-16(12-10-15)36(32,33)29-17-13-28-14-20(23(17)31)30-18-5-1-3-7-21(18)34-22-8-4-2-6-19(22)30/h1-12,17,20,23,28-29,31H,13-14H2. The van der Waals surface area contributed by atoms with Crippen LogP contribution in [0, 0.1) is 0 Å². The van der Waals surface area contributed by atoms with E-state index in [4.69, 9.17) is 4.74 Å². The third kappa shape index (κ3) is 4.85. The molecule has 1 fully saturated rings. The van der Waals surface area contributed by atoms with Crippen LogP contribution in [0.25, 0.3) is 0 Å². The van der Waals surface area contributed by atoms with Gasteiger partial charge in [0.25, 0.3) is 0 Å². The summed E-state index contributed by atoms with van der Waals surface area (Å²) < 4.78 is 75.4. The monoisotopic (exact) mass is 521 g/mol. The van der Waals surface area contributed by atoms with Crippen LogP contribution in [0.15, 0.2) is 77.7 Å². The van der Waals surface area contributed by atoms with Crippen LogP contribution in [-0.2, 0) is 10.0 Å². The zero-order valence-electron chi connectivity index (χ0n) is 18.6. The summed E-state index contributed by atoms with van der Waals surface area (Å²) in [5.41, 5.74) is 1.46. The first-order valence-electron chi connectivity index (χ1n) is 11.0. The van der Waals surface area contributed by atoms with Crippen molar-refractivity contribution in [3.63, 3.8) is 0 Å². The molecule has 0 bridgehead atoms. The molecule has 3 aromatic rings. The lowest BCUT2D eigenvalue weighted by Crippen LogP contribution is -2.64. The first kappa shape index (κ1) is 24.4. The number of aliphatic hydroxyl groups is 1. The normalized spacial score (nSPS) is 21.8. The number of halogens is 3. The molecule has 12 heteroatoms. The van der Waals surface area contributed by atoms with Crippen LogP contribution >= 0.6 is 0 Å². The molecule has 0 radical (unpaired) electrons. The van der Waals surface area contributed by atoms with Crippen molar-refractivity contribution in [3.05, 3.63) is 72.8 Å². The molecular formula is C24H22F3N3O5S. The van der Waals surface area contributed by atoms with Gasteiger partial charge in [-0.2, -0.15) is 0 Å². The fraction of sp³-hybridized carbons (Fsp3) is 0.250. The average molecular weight is 522 g/mol. The summed E-state index contributed by atoms with van der Waals surface area (Å²) >= 11 is 0. The maximum absolute atomic E-state index is 13.0. The number of nitrogens with zero attached hydrogens (tertiary/aromatic N) is 1. The Labute approximate surface area is 205 Å². The predicted molar refractivity (Wildman–Crippen MR) is 125 cm³/mol. The van der Waals surface area contributed by atoms with Crippen LogP contribution in [0.1, 0.15) is 0 Å². The molecule has 8 nitrogen and oxygen atoms in total. The van der Waals surface area contributed by atoms with E-state index in [1.165, 1.54) is 0 Å². The molecule has 1 saturated heterocycles. The molecule has 0 amide bonds. The third-order valence-electron chi connectivity index (χ3n) is 6.00. The van der Waals surface area contributed by atoms with Gasteiger partial charge >= 0.3 is 6.36 Å². The highest BCUT2D eigenvalue weighted by atomic mass is 32.2. The van der Waals surface area contributed by atoms with E-state index in [2.05, 4.69) is 14.8 Å². The van der Waals surface area contributed by atoms with Gasteiger partial charge in [-0.1, -0.05) is 24.3 Å². The fourth-order valence-electron chi connectivity index (χ4n) is 4.43. The van der Waals surface area contributed by atoms with E-state index in [0.29, 0.717) is 18.0 Å². The molecule has 3 unspecified atom stereocenters. The number of piperidine rings is 1. The Morgan fingerprint density at radius 3 is 2.11 bits per heavy atom. The molecule has 5 rings (SSSR count). The molecule has 3 aromatic carbocycles. The number of hydrogen-bond donors (Lipinski definition) is 3. The van der Waals surface area contributed by atoms with Crippen molar-refractivity contribution in [2.75, 3.05) is 18.0 Å². The van der Waals surface area contributed by atoms with Crippen molar-refractivity contribution in [2.24, 2.45) is 0 Å². The molecule has 3 atom stereocenters. The SMILES string of the molecule is O=S(=O)(NC1CNCC(N2c3ccccc3Oc3ccccc32)C1O)c1ccc(OC(F)(F)F)cc1. The summed E-state index contributed by atoms with van der Waals surface area (Å²) in [7, 11) is -4.16. The number of alkyl halides is 3. The molecule has 190 valence electrons. The number of nitrogens with one attached hydrogen (secondary N) is 2. The molecule has 0 saturated carbocycles. The molecule has 0 spiro atoms. The van der Waals surface area contributed by atoms with Crippen molar-refractivity contribution in [2.45, 2.75) is 29.4 Å². The smallest absolute Gasteiger partial charge is 0.453 e. The summed E-state index contributed by atoms with van der Waals surface area (Å²) in [6.45, 7) is 0.519. The van der Waals surface area contributed by atoms with Gasteiger partial charge in [-0.3, -0.25) is 0 Å². The van der Waals surface area contributed by atoms with Crippen LogP contribution in [0.4, 0.5) is 24.5 Å². The van der Waals surface area contributed by atoms with E-state index in [0.717, 1.165) is 35.6 Å². The molecule has 2 aliphatic rings. The fourth-order valence-corrected chi connectivity index (χ4v) is 5.68. The number of sulfonamides is 1. The maximum atomic E-state index is 13.0. The van der Waals surface area contributed by atoms with Gasteiger partial charge in [0.2, 0.25) is 10.0 Å². The number of hydrogen-bond acceptors (Lipinski definition) is 7. The van der Waals surface area contributed by atoms with Crippen molar-refractivity contribution in [1.29, 1.82) is 0 Å². The van der Waals surface area contributed by atoms with Crippen molar-refractivity contribution in [1.82, 2.24) is 10.0 Å². The first-order chi connectivity index (χ1) is 17.1. The highest BCUT2D eigenvalue weighted by Crippen LogP contribution is 2.48. The van der Waals surface area contributed by atoms with Crippen LogP contribution in [0.5, 0.6) is 17.2 Å². The summed E-state index contributed by atoms with van der Waals surface area (Å²) in [4.78, 5) is 1.67. The zero-order chi connectivity index (χ0) is 25.5. The number of rotatable bonds is 5. The number of anilines is 2. The molecule has 0 aliphatic carbocycles. The van der Waals surface area contributed by atoms with E-state index < -0.39 is 40.3 Å². The molecule has 2 aliphatic heterocycles. The number of fused-ring (bicyclic) bond motifs is 2. The first-order valence-corrected chi connectivity index (χ1v) is 12.5. The number of para-hydroxylation sites is 4. The van der Waals surface area contributed by atoms with Crippen LogP contribution < -0.4 is 24.4 Å². The van der Waals surface area contributed by atoms with Gasteiger partial charge < -0.3 is 24.8 Å². The van der Waals surface area contributed by atoms with Crippen molar-refractivity contribution in [3.8, 4) is 17.2 Å². The van der Waals surface area contributed by atoms with E-state index in [9.17, 15) is 26.7 Å². The Hall–Kier alpha value is -3.32. The Morgan fingerprint density at radius 2 is 1.53 bits per heavy atom. The lowest BCUT2D eigenvalue weighted by Gasteiger charge is -2.45. The van der Waals surface area contributed by atoms with Gasteiger partial charge in [0.1, 0.15) is 5.75 Å². The Balaban J connectivity index is 1.39. The molecule has 2 heterocycles. The van der Waals surface area contributed by atoms with Crippen LogP contribution in [-0.4, -0.2) is 51.2 Å². The Bertz CT molecular complexity index is 1310. The van der Waals surface area contributed by atoms with E-state index in [-0.39, 0.29) is 11.4 Å². The van der Waals surface area contributed by atoms with Gasteiger partial charge in [0.15, 0.2) is 11.5 Å².